The summed E-state index contributed by atoms with van der Waals surface area (Å²) in [5.41, 5.74) is 0. The summed E-state index contributed by atoms with van der Waals surface area (Å²) in [6, 6.07) is 0.814. The maximum Gasteiger partial charge on any atom is 0.0171 e. The molecule has 11 heavy (non-hydrogen) atoms. The fourth-order valence-corrected chi connectivity index (χ4v) is 1.96. The van der Waals surface area contributed by atoms with E-state index >= 15 is 0 Å². The normalized spacial score (nSPS) is 18.8. The average Bonchev–Trinajstić information content (AvgIpc) is 2.11. The highest BCUT2D eigenvalue weighted by Gasteiger charge is 2.10. The summed E-state index contributed by atoms with van der Waals surface area (Å²) in [4.78, 5) is 0. The molecule has 0 aromatic heterocycles. The molecule has 1 rings (SSSR count). The lowest BCUT2D eigenvalue weighted by atomic mass is 9.96. The highest BCUT2D eigenvalue weighted by atomic mass is 32.2. The van der Waals surface area contributed by atoms with Crippen LogP contribution in [0, 0.1) is 0 Å². The molecule has 0 spiro atoms. The van der Waals surface area contributed by atoms with Gasteiger partial charge in [0.15, 0.2) is 0 Å². The van der Waals surface area contributed by atoms with Gasteiger partial charge < -0.3 is 0 Å². The topological polar surface area (TPSA) is 12.0 Å². The van der Waals surface area contributed by atoms with Crippen LogP contribution in [0.15, 0.2) is 0 Å². The first-order chi connectivity index (χ1) is 5.43. The van der Waals surface area contributed by atoms with Crippen LogP contribution in [-0.2, 0) is 0 Å². The molecule has 0 atom stereocenters. The van der Waals surface area contributed by atoms with E-state index in [1.54, 1.807) is 11.9 Å². The van der Waals surface area contributed by atoms with Gasteiger partial charge in [-0.15, -0.1) is 0 Å². The molecule has 1 saturated carbocycles. The Balaban J connectivity index is 0.000000461. The lowest BCUT2D eigenvalue weighted by Gasteiger charge is -2.20. The van der Waals surface area contributed by atoms with Crippen molar-refractivity contribution in [2.45, 2.75) is 52.0 Å². The summed E-state index contributed by atoms with van der Waals surface area (Å²) < 4.78 is 3.40. The van der Waals surface area contributed by atoms with Crippen molar-refractivity contribution in [3.8, 4) is 0 Å². The zero-order valence-electron chi connectivity index (χ0n) is 8.02. The van der Waals surface area contributed by atoms with Gasteiger partial charge in [0.2, 0.25) is 0 Å². The van der Waals surface area contributed by atoms with Crippen LogP contribution >= 0.6 is 11.9 Å². The van der Waals surface area contributed by atoms with Crippen LogP contribution in [-0.4, -0.2) is 12.3 Å². The first kappa shape index (κ1) is 11.3. The molecular formula is C9H21NS. The van der Waals surface area contributed by atoms with Gasteiger partial charge in [0, 0.05) is 6.04 Å². The first-order valence-electron chi connectivity index (χ1n) is 4.72. The monoisotopic (exact) mass is 175 g/mol. The zero-order chi connectivity index (χ0) is 8.53. The van der Waals surface area contributed by atoms with Crippen LogP contribution in [0.4, 0.5) is 0 Å². The lowest BCUT2D eigenvalue weighted by molar-refractivity contribution is 0.424. The molecule has 0 saturated heterocycles. The third kappa shape index (κ3) is 5.57. The zero-order valence-corrected chi connectivity index (χ0v) is 8.84. The van der Waals surface area contributed by atoms with Gasteiger partial charge in [-0.1, -0.05) is 45.1 Å². The Morgan fingerprint density at radius 1 is 1.09 bits per heavy atom. The van der Waals surface area contributed by atoms with Crippen LogP contribution in [0.3, 0.4) is 0 Å². The van der Waals surface area contributed by atoms with Crippen molar-refractivity contribution < 1.29 is 0 Å². The van der Waals surface area contributed by atoms with Gasteiger partial charge in [0.1, 0.15) is 0 Å². The molecule has 1 N–H and O–H groups in total. The Morgan fingerprint density at radius 2 is 1.64 bits per heavy atom. The standard InChI is InChI=1S/C7H15NS.C2H6/c1-9-8-7-5-3-2-4-6-7;1-2/h7-8H,2-6H2,1H3;1-2H3. The van der Waals surface area contributed by atoms with Crippen molar-refractivity contribution in [3.05, 3.63) is 0 Å². The minimum atomic E-state index is 0.814. The van der Waals surface area contributed by atoms with Crippen LogP contribution in [0.1, 0.15) is 46.0 Å². The summed E-state index contributed by atoms with van der Waals surface area (Å²) in [5.74, 6) is 0. The molecule has 2 heteroatoms. The number of hydrogen-bond acceptors (Lipinski definition) is 2. The predicted molar refractivity (Wildman–Crippen MR) is 54.9 cm³/mol. The summed E-state index contributed by atoms with van der Waals surface area (Å²) >= 11 is 1.76. The van der Waals surface area contributed by atoms with E-state index in [1.165, 1.54) is 32.1 Å². The van der Waals surface area contributed by atoms with E-state index in [4.69, 9.17) is 0 Å². The SMILES string of the molecule is CC.CSNC1CCCCC1. The average molecular weight is 175 g/mol. The lowest BCUT2D eigenvalue weighted by Crippen LogP contribution is -2.24. The van der Waals surface area contributed by atoms with E-state index in [0.29, 0.717) is 0 Å². The second-order valence-electron chi connectivity index (χ2n) is 2.66. The Kier molecular flexibility index (Phi) is 8.64. The van der Waals surface area contributed by atoms with Gasteiger partial charge in [0.05, 0.1) is 0 Å². The minimum Gasteiger partial charge on any atom is -0.261 e. The van der Waals surface area contributed by atoms with Crippen molar-refractivity contribution in [1.29, 1.82) is 0 Å². The van der Waals surface area contributed by atoms with E-state index in [1.807, 2.05) is 13.8 Å². The van der Waals surface area contributed by atoms with E-state index in [9.17, 15) is 0 Å². The summed E-state index contributed by atoms with van der Waals surface area (Å²) in [6.07, 6.45) is 9.19. The predicted octanol–water partition coefficient (Wildman–Crippen LogP) is 3.21. The molecule has 0 aromatic carbocycles. The van der Waals surface area contributed by atoms with Gasteiger partial charge in [-0.2, -0.15) is 0 Å². The third-order valence-corrected chi connectivity index (χ3v) is 2.46. The van der Waals surface area contributed by atoms with Gasteiger partial charge >= 0.3 is 0 Å². The molecular weight excluding hydrogens is 154 g/mol. The van der Waals surface area contributed by atoms with Crippen molar-refractivity contribution in [2.75, 3.05) is 6.26 Å². The molecule has 1 fully saturated rings. The van der Waals surface area contributed by atoms with E-state index in [0.717, 1.165) is 6.04 Å². The van der Waals surface area contributed by atoms with Crippen LogP contribution < -0.4 is 4.72 Å². The molecule has 1 nitrogen and oxygen atoms in total. The molecule has 68 valence electrons. The Bertz CT molecular complexity index is 67.2. The Morgan fingerprint density at radius 3 is 2.09 bits per heavy atom. The third-order valence-electron chi connectivity index (χ3n) is 1.89. The second kappa shape index (κ2) is 8.41. The summed E-state index contributed by atoms with van der Waals surface area (Å²) in [6.45, 7) is 4.00. The molecule has 0 amide bonds. The maximum absolute atomic E-state index is 3.40. The van der Waals surface area contributed by atoms with Crippen molar-refractivity contribution in [3.63, 3.8) is 0 Å². The number of rotatable bonds is 2. The van der Waals surface area contributed by atoms with Gasteiger partial charge in [0.25, 0.3) is 0 Å². The largest absolute Gasteiger partial charge is 0.261 e. The molecule has 0 radical (unpaired) electrons. The smallest absolute Gasteiger partial charge is 0.0171 e. The molecule has 1 aliphatic carbocycles. The van der Waals surface area contributed by atoms with Crippen LogP contribution in [0.25, 0.3) is 0 Å². The van der Waals surface area contributed by atoms with Crippen molar-refractivity contribution in [1.82, 2.24) is 4.72 Å². The van der Waals surface area contributed by atoms with E-state index < -0.39 is 0 Å². The van der Waals surface area contributed by atoms with Gasteiger partial charge in [-0.05, 0) is 19.1 Å². The van der Waals surface area contributed by atoms with Crippen LogP contribution in [0.2, 0.25) is 0 Å². The molecule has 0 unspecified atom stereocenters. The van der Waals surface area contributed by atoms with Gasteiger partial charge in [-0.25, -0.2) is 0 Å². The number of hydrogen-bond donors (Lipinski definition) is 1. The molecule has 0 heterocycles. The highest BCUT2D eigenvalue weighted by Crippen LogP contribution is 2.18. The van der Waals surface area contributed by atoms with Gasteiger partial charge in [-0.3, -0.25) is 4.72 Å². The van der Waals surface area contributed by atoms with E-state index in [2.05, 4.69) is 11.0 Å². The van der Waals surface area contributed by atoms with Crippen molar-refractivity contribution in [2.24, 2.45) is 0 Å². The molecule has 0 bridgehead atoms. The Hall–Kier alpha value is 0.310. The first-order valence-corrected chi connectivity index (χ1v) is 5.94. The molecule has 0 aliphatic heterocycles. The fraction of sp³-hybridized carbons (Fsp3) is 1.00. The number of nitrogens with one attached hydrogen (secondary N) is 1. The quantitative estimate of drug-likeness (QED) is 0.647. The molecule has 1 aliphatic rings. The summed E-state index contributed by atoms with van der Waals surface area (Å²) in [5, 5.41) is 0. The fourth-order valence-electron chi connectivity index (χ4n) is 1.39. The molecule has 0 aromatic rings. The van der Waals surface area contributed by atoms with Crippen molar-refractivity contribution >= 4 is 11.9 Å². The minimum absolute atomic E-state index is 0.814. The highest BCUT2D eigenvalue weighted by molar-refractivity contribution is 7.96. The summed E-state index contributed by atoms with van der Waals surface area (Å²) in [7, 11) is 0. The second-order valence-corrected chi connectivity index (χ2v) is 3.30. The van der Waals surface area contributed by atoms with E-state index in [-0.39, 0.29) is 0 Å². The Labute approximate surface area is 75.5 Å². The maximum atomic E-state index is 3.40. The van der Waals surface area contributed by atoms with Crippen LogP contribution in [0.5, 0.6) is 0 Å².